The Kier molecular flexibility index (Phi) is 7.12. The quantitative estimate of drug-likeness (QED) is 0.218. The summed E-state index contributed by atoms with van der Waals surface area (Å²) in [5.41, 5.74) is 2.19. The van der Waals surface area contributed by atoms with E-state index >= 15 is 0 Å². The third kappa shape index (κ3) is 6.01. The van der Waals surface area contributed by atoms with Crippen molar-refractivity contribution in [3.8, 4) is 5.75 Å². The Morgan fingerprint density at radius 1 is 1.12 bits per heavy atom. The van der Waals surface area contributed by atoms with Crippen LogP contribution < -0.4 is 10.1 Å². The lowest BCUT2D eigenvalue weighted by Crippen LogP contribution is -2.19. The third-order valence-corrected chi connectivity index (χ3v) is 6.16. The molecule has 0 bridgehead atoms. The maximum Gasteiger partial charge on any atom is 0.269 e. The van der Waals surface area contributed by atoms with Crippen molar-refractivity contribution in [3.63, 3.8) is 0 Å². The standard InChI is InChI=1S/C23H15BrClN3O4S/c24-16-3-10-20(32-13-14-1-8-19(9-2-14)28(30)31)15(11-16)12-21-22(29)27-23(33-21)26-18-6-4-17(25)5-7-18/h1-12H,13H2,(H,26,27,29)/b21-12-. The summed E-state index contributed by atoms with van der Waals surface area (Å²) in [5, 5.41) is 14.7. The summed E-state index contributed by atoms with van der Waals surface area (Å²) in [6.45, 7) is 0.221. The topological polar surface area (TPSA) is 93.8 Å². The first kappa shape index (κ1) is 23.0. The van der Waals surface area contributed by atoms with Crippen LogP contribution in [0, 0.1) is 10.1 Å². The fraction of sp³-hybridized carbons (Fsp3) is 0.0435. The Hall–Kier alpha value is -3.14. The van der Waals surface area contributed by atoms with Crippen LogP contribution in [0.3, 0.4) is 0 Å². The molecular formula is C23H15BrClN3O4S. The molecule has 1 aliphatic rings. The van der Waals surface area contributed by atoms with E-state index < -0.39 is 4.92 Å². The molecule has 10 heteroatoms. The molecule has 3 aromatic carbocycles. The number of rotatable bonds is 6. The second-order valence-electron chi connectivity index (χ2n) is 6.85. The van der Waals surface area contributed by atoms with Crippen LogP contribution in [0.5, 0.6) is 5.75 Å². The summed E-state index contributed by atoms with van der Waals surface area (Å²) in [7, 11) is 0. The maximum absolute atomic E-state index is 12.5. The van der Waals surface area contributed by atoms with Crippen molar-refractivity contribution < 1.29 is 14.5 Å². The summed E-state index contributed by atoms with van der Waals surface area (Å²) < 4.78 is 6.77. The van der Waals surface area contributed by atoms with Gasteiger partial charge in [-0.15, -0.1) is 0 Å². The third-order valence-electron chi connectivity index (χ3n) is 4.51. The van der Waals surface area contributed by atoms with Gasteiger partial charge in [0.15, 0.2) is 5.17 Å². The van der Waals surface area contributed by atoms with Crippen molar-refractivity contribution in [1.29, 1.82) is 0 Å². The average Bonchev–Trinajstić information content (AvgIpc) is 3.13. The van der Waals surface area contributed by atoms with E-state index in [1.165, 1.54) is 23.9 Å². The summed E-state index contributed by atoms with van der Waals surface area (Å²) >= 11 is 10.6. The Morgan fingerprint density at radius 3 is 2.55 bits per heavy atom. The van der Waals surface area contributed by atoms with E-state index in [-0.39, 0.29) is 18.2 Å². The number of nitrogens with one attached hydrogen (secondary N) is 1. The molecule has 33 heavy (non-hydrogen) atoms. The van der Waals surface area contributed by atoms with Gasteiger partial charge >= 0.3 is 0 Å². The molecule has 0 spiro atoms. The van der Waals surface area contributed by atoms with E-state index in [9.17, 15) is 14.9 Å². The number of hydrogen-bond donors (Lipinski definition) is 1. The molecular weight excluding hydrogens is 530 g/mol. The Bertz CT molecular complexity index is 1280. The minimum atomic E-state index is -0.446. The van der Waals surface area contributed by atoms with Gasteiger partial charge in [0.1, 0.15) is 12.4 Å². The van der Waals surface area contributed by atoms with Crippen LogP contribution >= 0.6 is 39.3 Å². The smallest absolute Gasteiger partial charge is 0.269 e. The number of aliphatic imine (C=N–C) groups is 1. The van der Waals surface area contributed by atoms with Crippen molar-refractivity contribution in [2.45, 2.75) is 6.61 Å². The summed E-state index contributed by atoms with van der Waals surface area (Å²) in [5.74, 6) is 0.314. The number of non-ortho nitro benzene ring substituents is 1. The molecule has 4 rings (SSSR count). The molecule has 0 unspecified atom stereocenters. The molecule has 1 heterocycles. The fourth-order valence-electron chi connectivity index (χ4n) is 2.89. The first-order valence-corrected chi connectivity index (χ1v) is 11.6. The van der Waals surface area contributed by atoms with Crippen LogP contribution in [0.2, 0.25) is 5.02 Å². The summed E-state index contributed by atoms with van der Waals surface area (Å²) in [6, 6.07) is 18.6. The number of nitro groups is 1. The lowest BCUT2D eigenvalue weighted by atomic mass is 10.1. The number of ether oxygens (including phenoxy) is 1. The molecule has 7 nitrogen and oxygen atoms in total. The van der Waals surface area contributed by atoms with Gasteiger partial charge in [-0.3, -0.25) is 14.9 Å². The van der Waals surface area contributed by atoms with Crippen molar-refractivity contribution in [2.24, 2.45) is 4.99 Å². The van der Waals surface area contributed by atoms with E-state index in [4.69, 9.17) is 16.3 Å². The zero-order valence-electron chi connectivity index (χ0n) is 16.8. The Balaban J connectivity index is 1.52. The Labute approximate surface area is 206 Å². The van der Waals surface area contributed by atoms with Crippen molar-refractivity contribution in [1.82, 2.24) is 5.32 Å². The van der Waals surface area contributed by atoms with Gasteiger partial charge in [0.25, 0.3) is 11.6 Å². The highest BCUT2D eigenvalue weighted by atomic mass is 79.9. The predicted molar refractivity (Wildman–Crippen MR) is 134 cm³/mol. The predicted octanol–water partition coefficient (Wildman–Crippen LogP) is 6.48. The second kappa shape index (κ2) is 10.2. The molecule has 0 aromatic heterocycles. The van der Waals surface area contributed by atoms with Crippen LogP contribution in [0.25, 0.3) is 6.08 Å². The van der Waals surface area contributed by atoms with Gasteiger partial charge in [-0.25, -0.2) is 4.99 Å². The second-order valence-corrected chi connectivity index (χ2v) is 9.24. The molecule has 1 amide bonds. The van der Waals surface area contributed by atoms with Crippen LogP contribution in [0.15, 0.2) is 81.1 Å². The lowest BCUT2D eigenvalue weighted by molar-refractivity contribution is -0.384. The number of halogens is 2. The van der Waals surface area contributed by atoms with Gasteiger partial charge in [0.2, 0.25) is 0 Å². The van der Waals surface area contributed by atoms with Crippen LogP contribution in [-0.4, -0.2) is 16.0 Å². The number of nitrogens with zero attached hydrogens (tertiary/aromatic N) is 2. The molecule has 1 saturated heterocycles. The van der Waals surface area contributed by atoms with Gasteiger partial charge in [-0.05, 0) is 78.0 Å². The Morgan fingerprint density at radius 2 is 1.85 bits per heavy atom. The largest absolute Gasteiger partial charge is 0.488 e. The summed E-state index contributed by atoms with van der Waals surface area (Å²) in [6.07, 6.45) is 1.74. The minimum Gasteiger partial charge on any atom is -0.488 e. The number of hydrogen-bond acceptors (Lipinski definition) is 6. The van der Waals surface area contributed by atoms with Gasteiger partial charge < -0.3 is 10.1 Å². The van der Waals surface area contributed by atoms with E-state index in [0.717, 1.165) is 10.0 Å². The zero-order valence-corrected chi connectivity index (χ0v) is 20.0. The maximum atomic E-state index is 12.5. The molecule has 0 atom stereocenters. The average molecular weight is 545 g/mol. The van der Waals surface area contributed by atoms with E-state index in [2.05, 4.69) is 26.2 Å². The van der Waals surface area contributed by atoms with Gasteiger partial charge in [-0.1, -0.05) is 27.5 Å². The lowest BCUT2D eigenvalue weighted by Gasteiger charge is -2.10. The van der Waals surface area contributed by atoms with Crippen molar-refractivity contribution in [2.75, 3.05) is 0 Å². The number of nitro benzene ring substituents is 1. The first-order valence-electron chi connectivity index (χ1n) is 9.58. The van der Waals surface area contributed by atoms with Crippen molar-refractivity contribution >= 4 is 67.8 Å². The molecule has 166 valence electrons. The summed E-state index contributed by atoms with van der Waals surface area (Å²) in [4.78, 5) is 27.8. The van der Waals surface area contributed by atoms with Crippen molar-refractivity contribution in [3.05, 3.63) is 102 Å². The molecule has 1 N–H and O–H groups in total. The molecule has 1 fully saturated rings. The SMILES string of the molecule is O=C1NC(=Nc2ccc(Cl)cc2)S/C1=C\c1cc(Br)ccc1OCc1ccc([N+](=O)[O-])cc1. The van der Waals surface area contributed by atoms with Crippen LogP contribution in [0.1, 0.15) is 11.1 Å². The number of carbonyl (C=O) groups is 1. The monoisotopic (exact) mass is 543 g/mol. The van der Waals surface area contributed by atoms with E-state index in [0.29, 0.717) is 32.1 Å². The number of amides is 1. The van der Waals surface area contributed by atoms with E-state index in [1.807, 2.05) is 12.1 Å². The van der Waals surface area contributed by atoms with Gasteiger partial charge in [0, 0.05) is 27.2 Å². The number of thioether (sulfide) groups is 1. The zero-order chi connectivity index (χ0) is 23.4. The minimum absolute atomic E-state index is 0.0214. The molecule has 0 aliphatic carbocycles. The number of carbonyl (C=O) groups excluding carboxylic acids is 1. The molecule has 1 aliphatic heterocycles. The fourth-order valence-corrected chi connectivity index (χ4v) is 4.23. The molecule has 3 aromatic rings. The normalized spacial score (nSPS) is 15.6. The molecule has 0 saturated carbocycles. The molecule has 0 radical (unpaired) electrons. The highest BCUT2D eigenvalue weighted by Gasteiger charge is 2.24. The van der Waals surface area contributed by atoms with Gasteiger partial charge in [-0.2, -0.15) is 0 Å². The van der Waals surface area contributed by atoms with Crippen LogP contribution in [0.4, 0.5) is 11.4 Å². The van der Waals surface area contributed by atoms with Gasteiger partial charge in [0.05, 0.1) is 15.5 Å². The highest BCUT2D eigenvalue weighted by Crippen LogP contribution is 2.32. The number of amidine groups is 1. The number of benzene rings is 3. The van der Waals surface area contributed by atoms with Crippen LogP contribution in [-0.2, 0) is 11.4 Å². The van der Waals surface area contributed by atoms with E-state index in [1.54, 1.807) is 48.5 Å². The highest BCUT2D eigenvalue weighted by molar-refractivity contribution is 9.10. The first-order chi connectivity index (χ1) is 15.9.